The molecule has 0 bridgehead atoms. The Morgan fingerprint density at radius 1 is 1.16 bits per heavy atom. The molecule has 19 heavy (non-hydrogen) atoms. The molecule has 0 amide bonds. The third kappa shape index (κ3) is 3.84. The molecule has 98 valence electrons. The number of ketones is 1. The molecule has 0 heterocycles. The van der Waals surface area contributed by atoms with E-state index in [0.29, 0.717) is 15.8 Å². The molecular formula is C14H10Br2O2S. The summed E-state index contributed by atoms with van der Waals surface area (Å²) in [5.41, 5.74) is 0.324. The summed E-state index contributed by atoms with van der Waals surface area (Å²) in [6.45, 7) is 0. The number of aromatic hydroxyl groups is 1. The summed E-state index contributed by atoms with van der Waals surface area (Å²) in [5, 5.41) is 9.89. The maximum Gasteiger partial charge on any atom is 0.176 e. The molecule has 0 saturated heterocycles. The Morgan fingerprint density at radius 2 is 1.84 bits per heavy atom. The van der Waals surface area contributed by atoms with Crippen molar-refractivity contribution in [1.29, 1.82) is 0 Å². The van der Waals surface area contributed by atoms with Crippen LogP contribution in [0.2, 0.25) is 0 Å². The van der Waals surface area contributed by atoms with Gasteiger partial charge < -0.3 is 5.11 Å². The number of phenolic OH excluding ortho intramolecular Hbond substituents is 1. The van der Waals surface area contributed by atoms with E-state index in [1.54, 1.807) is 12.1 Å². The SMILES string of the molecule is O=C(CSc1ccccc1)c1cc(Br)cc(Br)c1O. The molecule has 0 spiro atoms. The fourth-order valence-electron chi connectivity index (χ4n) is 1.52. The summed E-state index contributed by atoms with van der Waals surface area (Å²) in [6.07, 6.45) is 0. The van der Waals surface area contributed by atoms with Gasteiger partial charge in [0.05, 0.1) is 15.8 Å². The first-order chi connectivity index (χ1) is 9.08. The molecule has 0 radical (unpaired) electrons. The van der Waals surface area contributed by atoms with E-state index < -0.39 is 0 Å². The molecule has 0 unspecified atom stereocenters. The second-order valence-electron chi connectivity index (χ2n) is 3.81. The van der Waals surface area contributed by atoms with Crippen LogP contribution in [-0.2, 0) is 0 Å². The van der Waals surface area contributed by atoms with Gasteiger partial charge in [0.15, 0.2) is 5.78 Å². The van der Waals surface area contributed by atoms with Gasteiger partial charge in [0, 0.05) is 9.37 Å². The van der Waals surface area contributed by atoms with Crippen LogP contribution in [0.3, 0.4) is 0 Å². The molecule has 0 aromatic heterocycles. The summed E-state index contributed by atoms with van der Waals surface area (Å²) in [6, 6.07) is 13.0. The number of hydrogen-bond donors (Lipinski definition) is 1. The van der Waals surface area contributed by atoms with Gasteiger partial charge in [-0.3, -0.25) is 4.79 Å². The predicted molar refractivity (Wildman–Crippen MR) is 85.0 cm³/mol. The second-order valence-corrected chi connectivity index (χ2v) is 6.63. The predicted octanol–water partition coefficient (Wildman–Crippen LogP) is 4.89. The second kappa shape index (κ2) is 6.59. The largest absolute Gasteiger partial charge is 0.506 e. The molecular weight excluding hydrogens is 392 g/mol. The standard InChI is InChI=1S/C14H10Br2O2S/c15-9-6-11(14(18)12(16)7-9)13(17)8-19-10-4-2-1-3-5-10/h1-7,18H,8H2. The van der Waals surface area contributed by atoms with E-state index in [0.717, 1.165) is 9.37 Å². The van der Waals surface area contributed by atoms with Crippen LogP contribution < -0.4 is 0 Å². The summed E-state index contributed by atoms with van der Waals surface area (Å²) in [7, 11) is 0. The molecule has 0 saturated carbocycles. The Morgan fingerprint density at radius 3 is 2.53 bits per heavy atom. The first-order valence-electron chi connectivity index (χ1n) is 5.47. The lowest BCUT2D eigenvalue weighted by atomic mass is 10.1. The van der Waals surface area contributed by atoms with Gasteiger partial charge in [0.25, 0.3) is 0 Å². The molecule has 0 aliphatic heterocycles. The number of thioether (sulfide) groups is 1. The fourth-order valence-corrected chi connectivity index (χ4v) is 3.55. The zero-order chi connectivity index (χ0) is 13.8. The Hall–Kier alpha value is -0.780. The van der Waals surface area contributed by atoms with Gasteiger partial charge in [0.2, 0.25) is 0 Å². The van der Waals surface area contributed by atoms with Gasteiger partial charge in [-0.25, -0.2) is 0 Å². The van der Waals surface area contributed by atoms with Crippen molar-refractivity contribution in [2.45, 2.75) is 4.90 Å². The molecule has 0 fully saturated rings. The molecule has 0 aliphatic carbocycles. The van der Waals surface area contributed by atoms with E-state index in [1.807, 2.05) is 30.3 Å². The van der Waals surface area contributed by atoms with Crippen LogP contribution in [0.15, 0.2) is 56.3 Å². The van der Waals surface area contributed by atoms with Gasteiger partial charge in [0.1, 0.15) is 5.75 Å². The average Bonchev–Trinajstić information content (AvgIpc) is 2.41. The minimum absolute atomic E-state index is 0.0122. The number of benzene rings is 2. The maximum atomic E-state index is 12.1. The van der Waals surface area contributed by atoms with Crippen LogP contribution in [0.4, 0.5) is 0 Å². The van der Waals surface area contributed by atoms with E-state index >= 15 is 0 Å². The summed E-state index contributed by atoms with van der Waals surface area (Å²) in [4.78, 5) is 13.2. The Balaban J connectivity index is 2.13. The first kappa shape index (κ1) is 14.6. The smallest absolute Gasteiger partial charge is 0.176 e. The quantitative estimate of drug-likeness (QED) is 0.585. The maximum absolute atomic E-state index is 12.1. The van der Waals surface area contributed by atoms with Crippen LogP contribution in [0, 0.1) is 0 Å². The topological polar surface area (TPSA) is 37.3 Å². The highest BCUT2D eigenvalue weighted by atomic mass is 79.9. The molecule has 2 aromatic carbocycles. The molecule has 2 nitrogen and oxygen atoms in total. The van der Waals surface area contributed by atoms with Crippen molar-refractivity contribution in [3.63, 3.8) is 0 Å². The lowest BCUT2D eigenvalue weighted by Crippen LogP contribution is -2.03. The van der Waals surface area contributed by atoms with Crippen molar-refractivity contribution in [2.24, 2.45) is 0 Å². The van der Waals surface area contributed by atoms with E-state index in [-0.39, 0.29) is 11.5 Å². The van der Waals surface area contributed by atoms with Gasteiger partial charge in [-0.2, -0.15) is 0 Å². The molecule has 2 rings (SSSR count). The van der Waals surface area contributed by atoms with Crippen LogP contribution in [-0.4, -0.2) is 16.6 Å². The van der Waals surface area contributed by atoms with Crippen molar-refractivity contribution >= 4 is 49.4 Å². The van der Waals surface area contributed by atoms with Crippen LogP contribution in [0.1, 0.15) is 10.4 Å². The molecule has 5 heteroatoms. The number of hydrogen-bond acceptors (Lipinski definition) is 3. The number of rotatable bonds is 4. The number of carbonyl (C=O) groups excluding carboxylic acids is 1. The summed E-state index contributed by atoms with van der Waals surface area (Å²) >= 11 is 7.99. The number of halogens is 2. The lowest BCUT2D eigenvalue weighted by Gasteiger charge is -2.06. The van der Waals surface area contributed by atoms with Gasteiger partial charge in [-0.15, -0.1) is 11.8 Å². The highest BCUT2D eigenvalue weighted by molar-refractivity contribution is 9.11. The van der Waals surface area contributed by atoms with Gasteiger partial charge in [-0.05, 0) is 40.2 Å². The molecule has 1 N–H and O–H groups in total. The van der Waals surface area contributed by atoms with Gasteiger partial charge >= 0.3 is 0 Å². The molecule has 0 atom stereocenters. The van der Waals surface area contributed by atoms with Crippen LogP contribution in [0.25, 0.3) is 0 Å². The van der Waals surface area contributed by atoms with Gasteiger partial charge in [-0.1, -0.05) is 34.1 Å². The van der Waals surface area contributed by atoms with Crippen molar-refractivity contribution in [3.05, 3.63) is 57.0 Å². The van der Waals surface area contributed by atoms with E-state index in [4.69, 9.17) is 0 Å². The van der Waals surface area contributed by atoms with E-state index in [2.05, 4.69) is 31.9 Å². The number of phenols is 1. The normalized spacial score (nSPS) is 10.4. The van der Waals surface area contributed by atoms with Crippen LogP contribution >= 0.6 is 43.6 Å². The monoisotopic (exact) mass is 400 g/mol. The fraction of sp³-hybridized carbons (Fsp3) is 0.0714. The minimum atomic E-state index is -0.103. The van der Waals surface area contributed by atoms with Crippen LogP contribution in [0.5, 0.6) is 5.75 Å². The number of Topliss-reactive ketones (excluding diaryl/α,β-unsaturated/α-hetero) is 1. The zero-order valence-electron chi connectivity index (χ0n) is 9.77. The third-order valence-electron chi connectivity index (χ3n) is 2.44. The lowest BCUT2D eigenvalue weighted by molar-refractivity contribution is 0.102. The Bertz CT molecular complexity index is 600. The van der Waals surface area contributed by atoms with Crippen molar-refractivity contribution in [1.82, 2.24) is 0 Å². The zero-order valence-corrected chi connectivity index (χ0v) is 13.8. The van der Waals surface area contributed by atoms with Crippen molar-refractivity contribution in [3.8, 4) is 5.75 Å². The Labute approximate surface area is 132 Å². The molecule has 2 aromatic rings. The number of carbonyl (C=O) groups is 1. The third-order valence-corrected chi connectivity index (χ3v) is 4.52. The van der Waals surface area contributed by atoms with Crippen molar-refractivity contribution < 1.29 is 9.90 Å². The van der Waals surface area contributed by atoms with Crippen molar-refractivity contribution in [2.75, 3.05) is 5.75 Å². The Kier molecular flexibility index (Phi) is 5.07. The highest BCUT2D eigenvalue weighted by Crippen LogP contribution is 2.32. The first-order valence-corrected chi connectivity index (χ1v) is 8.04. The highest BCUT2D eigenvalue weighted by Gasteiger charge is 2.15. The summed E-state index contributed by atoms with van der Waals surface area (Å²) < 4.78 is 1.26. The van der Waals surface area contributed by atoms with E-state index in [1.165, 1.54) is 11.8 Å². The minimum Gasteiger partial charge on any atom is -0.506 e. The average molecular weight is 402 g/mol. The molecule has 0 aliphatic rings. The summed E-state index contributed by atoms with van der Waals surface area (Å²) in [5.74, 6) is 0.177. The van der Waals surface area contributed by atoms with E-state index in [9.17, 15) is 9.90 Å².